The van der Waals surface area contributed by atoms with Crippen molar-refractivity contribution in [2.24, 2.45) is 11.3 Å². The van der Waals surface area contributed by atoms with Crippen molar-refractivity contribution in [3.05, 3.63) is 35.4 Å². The highest BCUT2D eigenvalue weighted by molar-refractivity contribution is 5.80. The third-order valence-corrected chi connectivity index (χ3v) is 5.69. The average molecular weight is 374 g/mol. The summed E-state index contributed by atoms with van der Waals surface area (Å²) < 4.78 is 5.80. The number of amides is 2. The number of fused-ring (bicyclic) bond motifs is 1. The van der Waals surface area contributed by atoms with Gasteiger partial charge in [0.05, 0.1) is 17.6 Å². The molecule has 6 nitrogen and oxygen atoms in total. The second kappa shape index (κ2) is 7.50. The van der Waals surface area contributed by atoms with Crippen molar-refractivity contribution in [3.63, 3.8) is 0 Å². The van der Waals surface area contributed by atoms with Crippen molar-refractivity contribution in [2.75, 3.05) is 13.1 Å². The van der Waals surface area contributed by atoms with Crippen molar-refractivity contribution in [1.29, 1.82) is 0 Å². The largest absolute Gasteiger partial charge is 0.481 e. The molecule has 1 aromatic carbocycles. The number of carbonyl (C=O) groups excluding carboxylic acids is 1. The van der Waals surface area contributed by atoms with Gasteiger partial charge in [-0.1, -0.05) is 30.7 Å². The van der Waals surface area contributed by atoms with E-state index >= 15 is 0 Å². The molecule has 1 heterocycles. The van der Waals surface area contributed by atoms with Crippen LogP contribution in [-0.4, -0.2) is 40.7 Å². The zero-order chi connectivity index (χ0) is 19.7. The summed E-state index contributed by atoms with van der Waals surface area (Å²) in [6, 6.07) is 7.79. The zero-order valence-corrected chi connectivity index (χ0v) is 16.5. The maximum Gasteiger partial charge on any atom is 0.317 e. The predicted octanol–water partition coefficient (Wildman–Crippen LogP) is 3.40. The lowest BCUT2D eigenvalue weighted by Crippen LogP contribution is -2.41. The standard InChI is InChI=1S/C21H30N2O4/c1-20(2,3)27-13-16-7-4-6-15(10-16)11-22-19(26)23-12-17-8-5-9-21(17,14-23)18(24)25/h4,6-7,10,17H,5,8-9,11-14H2,1-3H3,(H,22,26)(H,24,25)/t17-,21+/m0/s1. The van der Waals surface area contributed by atoms with Gasteiger partial charge in [0.1, 0.15) is 0 Å². The topological polar surface area (TPSA) is 78.9 Å². The molecule has 0 bridgehead atoms. The Morgan fingerprint density at radius 3 is 2.74 bits per heavy atom. The van der Waals surface area contributed by atoms with Crippen molar-refractivity contribution in [3.8, 4) is 0 Å². The number of likely N-dealkylation sites (tertiary alicyclic amines) is 1. The predicted molar refractivity (Wildman–Crippen MR) is 102 cm³/mol. The van der Waals surface area contributed by atoms with Crippen molar-refractivity contribution in [1.82, 2.24) is 10.2 Å². The van der Waals surface area contributed by atoms with Gasteiger partial charge in [-0.05, 0) is 50.7 Å². The Morgan fingerprint density at radius 2 is 2.07 bits per heavy atom. The lowest BCUT2D eigenvalue weighted by Gasteiger charge is -2.23. The second-order valence-electron chi connectivity index (χ2n) is 8.81. The first-order valence-electron chi connectivity index (χ1n) is 9.68. The first-order valence-corrected chi connectivity index (χ1v) is 9.68. The van der Waals surface area contributed by atoms with E-state index in [0.717, 1.165) is 24.0 Å². The molecular weight excluding hydrogens is 344 g/mol. The summed E-state index contributed by atoms with van der Waals surface area (Å²) in [5.74, 6) is -0.675. The molecule has 2 amide bonds. The molecule has 2 N–H and O–H groups in total. The number of hydrogen-bond donors (Lipinski definition) is 2. The summed E-state index contributed by atoms with van der Waals surface area (Å²) >= 11 is 0. The van der Waals surface area contributed by atoms with Gasteiger partial charge in [-0.15, -0.1) is 0 Å². The number of urea groups is 1. The highest BCUT2D eigenvalue weighted by atomic mass is 16.5. The lowest BCUT2D eigenvalue weighted by molar-refractivity contribution is -0.149. The first-order chi connectivity index (χ1) is 12.7. The van der Waals surface area contributed by atoms with Crippen LogP contribution in [0.3, 0.4) is 0 Å². The summed E-state index contributed by atoms with van der Waals surface area (Å²) in [5, 5.41) is 12.6. The lowest BCUT2D eigenvalue weighted by atomic mass is 9.81. The monoisotopic (exact) mass is 374 g/mol. The number of hydrogen-bond acceptors (Lipinski definition) is 3. The quantitative estimate of drug-likeness (QED) is 0.828. The maximum atomic E-state index is 12.6. The molecule has 6 heteroatoms. The van der Waals surface area contributed by atoms with Crippen LogP contribution in [0.5, 0.6) is 0 Å². The van der Waals surface area contributed by atoms with E-state index in [1.54, 1.807) is 4.90 Å². The van der Waals surface area contributed by atoms with Gasteiger partial charge in [0.25, 0.3) is 0 Å². The van der Waals surface area contributed by atoms with Gasteiger partial charge in [0, 0.05) is 19.6 Å². The van der Waals surface area contributed by atoms with Gasteiger partial charge in [-0.3, -0.25) is 4.79 Å². The molecular formula is C21H30N2O4. The highest BCUT2D eigenvalue weighted by Crippen LogP contribution is 2.48. The molecule has 2 atom stereocenters. The van der Waals surface area contributed by atoms with Crippen molar-refractivity contribution in [2.45, 2.75) is 58.8 Å². The number of aliphatic carboxylic acids is 1. The van der Waals surface area contributed by atoms with Crippen LogP contribution < -0.4 is 5.32 Å². The molecule has 2 aliphatic rings. The van der Waals surface area contributed by atoms with Crippen LogP contribution in [0.4, 0.5) is 4.79 Å². The van der Waals surface area contributed by atoms with Crippen LogP contribution in [0.1, 0.15) is 51.2 Å². The summed E-state index contributed by atoms with van der Waals surface area (Å²) in [6.07, 6.45) is 2.51. The molecule has 2 fully saturated rings. The minimum absolute atomic E-state index is 0.0821. The number of rotatable bonds is 5. The molecule has 3 rings (SSSR count). The Labute approximate surface area is 160 Å². The number of benzene rings is 1. The van der Waals surface area contributed by atoms with E-state index in [9.17, 15) is 14.7 Å². The number of carboxylic acid groups (broad SMARTS) is 1. The number of nitrogens with one attached hydrogen (secondary N) is 1. The van der Waals surface area contributed by atoms with Crippen LogP contribution in [0.15, 0.2) is 24.3 Å². The number of nitrogens with zero attached hydrogens (tertiary/aromatic N) is 1. The molecule has 1 saturated carbocycles. The molecule has 1 aliphatic carbocycles. The molecule has 148 valence electrons. The van der Waals surface area contributed by atoms with Crippen molar-refractivity contribution >= 4 is 12.0 Å². The summed E-state index contributed by atoms with van der Waals surface area (Å²) in [5.41, 5.74) is 1.14. The Hall–Kier alpha value is -2.08. The normalized spacial score (nSPS) is 24.7. The Balaban J connectivity index is 1.55. The van der Waals surface area contributed by atoms with E-state index in [1.807, 2.05) is 45.0 Å². The van der Waals surface area contributed by atoms with E-state index in [4.69, 9.17) is 4.74 Å². The van der Waals surface area contributed by atoms with Gasteiger partial charge in [-0.2, -0.15) is 0 Å². The minimum atomic E-state index is -0.758. The molecule has 27 heavy (non-hydrogen) atoms. The molecule has 0 spiro atoms. The van der Waals surface area contributed by atoms with Crippen LogP contribution in [0, 0.1) is 11.3 Å². The maximum absolute atomic E-state index is 12.6. The molecule has 0 aromatic heterocycles. The van der Waals surface area contributed by atoms with Gasteiger partial charge in [0.2, 0.25) is 0 Å². The number of ether oxygens (including phenoxy) is 1. The number of carboxylic acids is 1. The fourth-order valence-corrected chi connectivity index (χ4v) is 4.21. The third kappa shape index (κ3) is 4.43. The van der Waals surface area contributed by atoms with E-state index in [0.29, 0.717) is 32.7 Å². The van der Waals surface area contributed by atoms with Gasteiger partial charge in [0.15, 0.2) is 0 Å². The molecule has 1 aliphatic heterocycles. The van der Waals surface area contributed by atoms with E-state index in [-0.39, 0.29) is 17.6 Å². The van der Waals surface area contributed by atoms with E-state index in [1.165, 1.54) is 0 Å². The van der Waals surface area contributed by atoms with Gasteiger partial charge >= 0.3 is 12.0 Å². The molecule has 1 saturated heterocycles. The average Bonchev–Trinajstić information content (AvgIpc) is 3.16. The van der Waals surface area contributed by atoms with Gasteiger partial charge in [-0.25, -0.2) is 4.79 Å². The second-order valence-corrected chi connectivity index (χ2v) is 8.81. The summed E-state index contributed by atoms with van der Waals surface area (Å²) in [4.78, 5) is 26.0. The Morgan fingerprint density at radius 1 is 1.33 bits per heavy atom. The van der Waals surface area contributed by atoms with E-state index < -0.39 is 11.4 Å². The Kier molecular flexibility index (Phi) is 5.47. The van der Waals surface area contributed by atoms with Crippen molar-refractivity contribution < 1.29 is 19.4 Å². The third-order valence-electron chi connectivity index (χ3n) is 5.69. The van der Waals surface area contributed by atoms with Crippen LogP contribution in [0.25, 0.3) is 0 Å². The summed E-state index contributed by atoms with van der Waals surface area (Å²) in [7, 11) is 0. The fraction of sp³-hybridized carbons (Fsp3) is 0.619. The smallest absolute Gasteiger partial charge is 0.317 e. The fourth-order valence-electron chi connectivity index (χ4n) is 4.21. The molecule has 0 unspecified atom stereocenters. The van der Waals surface area contributed by atoms with Crippen LogP contribution in [0.2, 0.25) is 0 Å². The first kappa shape index (κ1) is 19.7. The molecule has 1 aromatic rings. The highest BCUT2D eigenvalue weighted by Gasteiger charge is 2.55. The minimum Gasteiger partial charge on any atom is -0.481 e. The Bertz CT molecular complexity index is 712. The number of carbonyl (C=O) groups is 2. The van der Waals surface area contributed by atoms with Gasteiger partial charge < -0.3 is 20.1 Å². The van der Waals surface area contributed by atoms with Crippen LogP contribution >= 0.6 is 0 Å². The molecule has 0 radical (unpaired) electrons. The van der Waals surface area contributed by atoms with Crippen LogP contribution in [-0.2, 0) is 22.7 Å². The SMILES string of the molecule is CC(C)(C)OCc1cccc(CNC(=O)N2C[C@@H]3CCC[C@@]3(C(=O)O)C2)c1. The van der Waals surface area contributed by atoms with E-state index in [2.05, 4.69) is 5.32 Å². The zero-order valence-electron chi connectivity index (χ0n) is 16.5. The summed E-state index contributed by atoms with van der Waals surface area (Å²) in [6.45, 7) is 7.87.